The first-order chi connectivity index (χ1) is 8.16. The predicted molar refractivity (Wildman–Crippen MR) is 68.8 cm³/mol. The number of nitrogens with one attached hydrogen (secondary N) is 1. The number of amides is 1. The van der Waals surface area contributed by atoms with Crippen molar-refractivity contribution >= 4 is 5.91 Å². The van der Waals surface area contributed by atoms with Crippen LogP contribution in [0.5, 0.6) is 0 Å². The fourth-order valence-electron chi connectivity index (χ4n) is 2.29. The molecule has 0 aromatic rings. The summed E-state index contributed by atoms with van der Waals surface area (Å²) in [6.07, 6.45) is 6.02. The van der Waals surface area contributed by atoms with Gasteiger partial charge < -0.3 is 15.3 Å². The van der Waals surface area contributed by atoms with Crippen LogP contribution in [0.4, 0.5) is 0 Å². The molecule has 0 unspecified atom stereocenters. The molecule has 0 spiro atoms. The molecule has 0 saturated carbocycles. The maximum absolute atomic E-state index is 11.9. The van der Waals surface area contributed by atoms with Crippen LogP contribution in [0.2, 0.25) is 0 Å². The molecule has 0 aromatic heterocycles. The molecule has 2 atom stereocenters. The number of β-amino-alcohol motifs (C(OH)–C–C–N with tert-alkyl or cyclic N) is 1. The number of unbranched alkanes of at least 4 members (excludes halogenated alkanes) is 4. The van der Waals surface area contributed by atoms with E-state index < -0.39 is 6.10 Å². The summed E-state index contributed by atoms with van der Waals surface area (Å²) in [7, 11) is 1.80. The van der Waals surface area contributed by atoms with Crippen LogP contribution < -0.4 is 5.32 Å². The third kappa shape index (κ3) is 4.64. The molecule has 1 amide bonds. The SMILES string of the molecule is CCCCCCCC(=O)N(C)[C@@H]1CNC[C@H]1O. The molecule has 100 valence electrons. The van der Waals surface area contributed by atoms with Crippen LogP contribution in [-0.4, -0.2) is 48.2 Å². The van der Waals surface area contributed by atoms with Crippen molar-refractivity contribution in [3.05, 3.63) is 0 Å². The van der Waals surface area contributed by atoms with Crippen molar-refractivity contribution in [3.63, 3.8) is 0 Å². The molecular formula is C13H26N2O2. The van der Waals surface area contributed by atoms with Gasteiger partial charge in [0.15, 0.2) is 0 Å². The third-order valence-corrected chi connectivity index (χ3v) is 3.54. The van der Waals surface area contributed by atoms with Gasteiger partial charge in [-0.25, -0.2) is 0 Å². The van der Waals surface area contributed by atoms with Crippen molar-refractivity contribution in [2.24, 2.45) is 0 Å². The lowest BCUT2D eigenvalue weighted by molar-refractivity contribution is -0.133. The highest BCUT2D eigenvalue weighted by atomic mass is 16.3. The van der Waals surface area contributed by atoms with Gasteiger partial charge in [-0.3, -0.25) is 4.79 Å². The van der Waals surface area contributed by atoms with E-state index in [1.807, 2.05) is 0 Å². The van der Waals surface area contributed by atoms with E-state index in [1.54, 1.807) is 11.9 Å². The Balaban J connectivity index is 2.18. The Morgan fingerprint density at radius 1 is 1.29 bits per heavy atom. The van der Waals surface area contributed by atoms with Gasteiger partial charge in [0.1, 0.15) is 0 Å². The molecule has 4 heteroatoms. The predicted octanol–water partition coefficient (Wildman–Crippen LogP) is 1.14. The standard InChI is InChI=1S/C13H26N2O2/c1-3-4-5-6-7-8-13(17)15(2)11-9-14-10-12(11)16/h11-12,14,16H,3-10H2,1-2H3/t11-,12-/m1/s1. The smallest absolute Gasteiger partial charge is 0.222 e. The lowest BCUT2D eigenvalue weighted by Gasteiger charge is -2.26. The number of aliphatic hydroxyl groups is 1. The molecule has 1 aliphatic heterocycles. The van der Waals surface area contributed by atoms with Gasteiger partial charge in [0, 0.05) is 26.6 Å². The highest BCUT2D eigenvalue weighted by molar-refractivity contribution is 5.76. The van der Waals surface area contributed by atoms with Crippen molar-refractivity contribution in [1.82, 2.24) is 10.2 Å². The van der Waals surface area contributed by atoms with Crippen LogP contribution >= 0.6 is 0 Å². The van der Waals surface area contributed by atoms with Crippen molar-refractivity contribution < 1.29 is 9.90 Å². The number of carbonyl (C=O) groups excluding carboxylic acids is 1. The van der Waals surface area contributed by atoms with Crippen molar-refractivity contribution in [1.29, 1.82) is 0 Å². The second-order valence-electron chi connectivity index (χ2n) is 4.96. The highest BCUT2D eigenvalue weighted by Gasteiger charge is 2.30. The molecule has 0 radical (unpaired) electrons. The minimum Gasteiger partial charge on any atom is -0.390 e. The molecule has 1 aliphatic rings. The van der Waals surface area contributed by atoms with E-state index in [0.29, 0.717) is 19.5 Å². The van der Waals surface area contributed by atoms with Crippen LogP contribution in [0.1, 0.15) is 45.4 Å². The summed E-state index contributed by atoms with van der Waals surface area (Å²) in [4.78, 5) is 13.6. The van der Waals surface area contributed by atoms with Crippen molar-refractivity contribution in [2.45, 2.75) is 57.6 Å². The Morgan fingerprint density at radius 2 is 2.00 bits per heavy atom. The summed E-state index contributed by atoms with van der Waals surface area (Å²) >= 11 is 0. The summed E-state index contributed by atoms with van der Waals surface area (Å²) < 4.78 is 0. The summed E-state index contributed by atoms with van der Waals surface area (Å²) in [5.74, 6) is 0.161. The van der Waals surface area contributed by atoms with E-state index in [-0.39, 0.29) is 11.9 Å². The van der Waals surface area contributed by atoms with Gasteiger partial charge in [-0.1, -0.05) is 32.6 Å². The second kappa shape index (κ2) is 7.67. The largest absolute Gasteiger partial charge is 0.390 e. The van der Waals surface area contributed by atoms with E-state index in [9.17, 15) is 9.90 Å². The fourth-order valence-corrected chi connectivity index (χ4v) is 2.29. The average molecular weight is 242 g/mol. The summed E-state index contributed by atoms with van der Waals surface area (Å²) in [5, 5.41) is 12.8. The molecule has 1 rings (SSSR count). The zero-order chi connectivity index (χ0) is 12.7. The molecular weight excluding hydrogens is 216 g/mol. The van der Waals surface area contributed by atoms with Crippen LogP contribution in [-0.2, 0) is 4.79 Å². The Labute approximate surface area is 104 Å². The molecule has 4 nitrogen and oxygen atoms in total. The lowest BCUT2D eigenvalue weighted by atomic mass is 10.1. The third-order valence-electron chi connectivity index (χ3n) is 3.54. The fraction of sp³-hybridized carbons (Fsp3) is 0.923. The van der Waals surface area contributed by atoms with Gasteiger partial charge >= 0.3 is 0 Å². The topological polar surface area (TPSA) is 52.6 Å². The van der Waals surface area contributed by atoms with E-state index in [2.05, 4.69) is 12.2 Å². The Hall–Kier alpha value is -0.610. The van der Waals surface area contributed by atoms with E-state index in [1.165, 1.54) is 19.3 Å². The van der Waals surface area contributed by atoms with Gasteiger partial charge in [0.25, 0.3) is 0 Å². The highest BCUT2D eigenvalue weighted by Crippen LogP contribution is 2.11. The molecule has 0 bridgehead atoms. The number of aliphatic hydroxyl groups excluding tert-OH is 1. The Morgan fingerprint density at radius 3 is 2.59 bits per heavy atom. The van der Waals surface area contributed by atoms with Crippen LogP contribution in [0, 0.1) is 0 Å². The summed E-state index contributed by atoms with van der Waals surface area (Å²) in [6.45, 7) is 3.49. The average Bonchev–Trinajstić information content (AvgIpc) is 2.74. The Kier molecular flexibility index (Phi) is 6.52. The number of carbonyl (C=O) groups is 1. The monoisotopic (exact) mass is 242 g/mol. The number of rotatable bonds is 7. The van der Waals surface area contributed by atoms with Crippen LogP contribution in [0.3, 0.4) is 0 Å². The van der Waals surface area contributed by atoms with E-state index in [0.717, 1.165) is 12.8 Å². The molecule has 1 heterocycles. The van der Waals surface area contributed by atoms with Crippen molar-refractivity contribution in [3.8, 4) is 0 Å². The zero-order valence-corrected chi connectivity index (χ0v) is 11.1. The zero-order valence-electron chi connectivity index (χ0n) is 11.1. The maximum atomic E-state index is 11.9. The normalized spacial score (nSPS) is 23.9. The first-order valence-electron chi connectivity index (χ1n) is 6.81. The number of nitrogens with zero attached hydrogens (tertiary/aromatic N) is 1. The minimum atomic E-state index is -0.413. The first kappa shape index (κ1) is 14.5. The number of likely N-dealkylation sites (N-methyl/N-ethyl adjacent to an activating group) is 1. The van der Waals surface area contributed by atoms with Crippen molar-refractivity contribution in [2.75, 3.05) is 20.1 Å². The second-order valence-corrected chi connectivity index (χ2v) is 4.96. The van der Waals surface area contributed by atoms with Gasteiger partial charge in [0.05, 0.1) is 12.1 Å². The minimum absolute atomic E-state index is 0.0434. The quantitative estimate of drug-likeness (QED) is 0.658. The van der Waals surface area contributed by atoms with Gasteiger partial charge in [-0.05, 0) is 6.42 Å². The Bertz CT molecular complexity index is 233. The van der Waals surface area contributed by atoms with Gasteiger partial charge in [-0.15, -0.1) is 0 Å². The molecule has 0 aromatic carbocycles. The maximum Gasteiger partial charge on any atom is 0.222 e. The molecule has 17 heavy (non-hydrogen) atoms. The van der Waals surface area contributed by atoms with Crippen LogP contribution in [0.25, 0.3) is 0 Å². The van der Waals surface area contributed by atoms with E-state index in [4.69, 9.17) is 0 Å². The lowest BCUT2D eigenvalue weighted by Crippen LogP contribution is -2.44. The molecule has 0 aliphatic carbocycles. The molecule has 1 fully saturated rings. The number of hydrogen-bond acceptors (Lipinski definition) is 3. The summed E-state index contributed by atoms with van der Waals surface area (Å²) in [5.41, 5.74) is 0. The molecule has 2 N–H and O–H groups in total. The number of hydrogen-bond donors (Lipinski definition) is 2. The van der Waals surface area contributed by atoms with Crippen LogP contribution in [0.15, 0.2) is 0 Å². The van der Waals surface area contributed by atoms with Gasteiger partial charge in [-0.2, -0.15) is 0 Å². The first-order valence-corrected chi connectivity index (χ1v) is 6.81. The van der Waals surface area contributed by atoms with Gasteiger partial charge in [0.2, 0.25) is 5.91 Å². The summed E-state index contributed by atoms with van der Waals surface area (Å²) in [6, 6.07) is -0.0434. The van der Waals surface area contributed by atoms with E-state index >= 15 is 0 Å². The molecule has 1 saturated heterocycles.